The largest absolute Gasteiger partial charge is 0.416 e. The molecule has 0 aliphatic heterocycles. The third-order valence-corrected chi connectivity index (χ3v) is 3.19. The number of halogens is 3. The van der Waals surface area contributed by atoms with Gasteiger partial charge >= 0.3 is 6.18 Å². The van der Waals surface area contributed by atoms with Gasteiger partial charge in [0.1, 0.15) is 0 Å². The lowest BCUT2D eigenvalue weighted by Gasteiger charge is -2.09. The summed E-state index contributed by atoms with van der Waals surface area (Å²) in [6, 6.07) is 13.8. The molecule has 0 aromatic heterocycles. The highest BCUT2D eigenvalue weighted by Crippen LogP contribution is 2.30. The maximum atomic E-state index is 12.7. The molecular formula is C17H14F3NO2. The van der Waals surface area contributed by atoms with E-state index >= 15 is 0 Å². The van der Waals surface area contributed by atoms with Gasteiger partial charge in [0.2, 0.25) is 6.54 Å². The van der Waals surface area contributed by atoms with Gasteiger partial charge in [0.05, 0.1) is 5.56 Å². The molecule has 0 atom stereocenters. The van der Waals surface area contributed by atoms with E-state index in [-0.39, 0.29) is 6.42 Å². The molecule has 2 aromatic carbocycles. The van der Waals surface area contributed by atoms with Crippen LogP contribution in [0.25, 0.3) is 6.08 Å². The van der Waals surface area contributed by atoms with Crippen molar-refractivity contribution in [3.8, 4) is 0 Å². The normalized spacial score (nSPS) is 12.2. The average Bonchev–Trinajstić information content (AvgIpc) is 2.47. The van der Waals surface area contributed by atoms with Gasteiger partial charge in [0, 0.05) is 16.9 Å². The zero-order valence-electron chi connectivity index (χ0n) is 12.1. The fourth-order valence-corrected chi connectivity index (χ4v) is 2.22. The topological polar surface area (TPSA) is 43.1 Å². The predicted molar refractivity (Wildman–Crippen MR) is 81.4 cm³/mol. The Morgan fingerprint density at radius 3 is 2.39 bits per heavy atom. The monoisotopic (exact) mass is 321 g/mol. The van der Waals surface area contributed by atoms with Crippen molar-refractivity contribution in [2.45, 2.75) is 12.6 Å². The van der Waals surface area contributed by atoms with Crippen LogP contribution in [0, 0.1) is 10.1 Å². The Hall–Kier alpha value is -2.63. The number of rotatable bonds is 5. The van der Waals surface area contributed by atoms with Crippen LogP contribution >= 0.6 is 0 Å². The maximum absolute atomic E-state index is 12.7. The van der Waals surface area contributed by atoms with Crippen LogP contribution < -0.4 is 0 Å². The average molecular weight is 321 g/mol. The van der Waals surface area contributed by atoms with Crippen molar-refractivity contribution in [2.75, 3.05) is 6.54 Å². The molecule has 0 saturated heterocycles. The van der Waals surface area contributed by atoms with Gasteiger partial charge in [-0.25, -0.2) is 0 Å². The number of nitrogens with zero attached hydrogens (tertiary/aromatic N) is 1. The Morgan fingerprint density at radius 1 is 1.09 bits per heavy atom. The summed E-state index contributed by atoms with van der Waals surface area (Å²) < 4.78 is 38.2. The van der Waals surface area contributed by atoms with Gasteiger partial charge in [-0.3, -0.25) is 10.1 Å². The minimum absolute atomic E-state index is 0.0970. The van der Waals surface area contributed by atoms with Gasteiger partial charge in [-0.15, -0.1) is 0 Å². The van der Waals surface area contributed by atoms with Crippen LogP contribution in [0.1, 0.15) is 16.7 Å². The van der Waals surface area contributed by atoms with Gasteiger partial charge in [0.25, 0.3) is 0 Å². The predicted octanol–water partition coefficient (Wildman–Crippen LogP) is 4.61. The fraction of sp³-hybridized carbons (Fsp3) is 0.176. The summed E-state index contributed by atoms with van der Waals surface area (Å²) in [6.45, 7) is -0.412. The summed E-state index contributed by atoms with van der Waals surface area (Å²) >= 11 is 0. The van der Waals surface area contributed by atoms with Crippen LogP contribution in [-0.4, -0.2) is 11.5 Å². The molecule has 23 heavy (non-hydrogen) atoms. The Balaban J connectivity index is 2.28. The molecule has 0 amide bonds. The highest BCUT2D eigenvalue weighted by molar-refractivity contribution is 5.53. The molecule has 6 heteroatoms. The molecule has 0 fully saturated rings. The third-order valence-electron chi connectivity index (χ3n) is 3.19. The first-order valence-corrected chi connectivity index (χ1v) is 6.87. The Morgan fingerprint density at radius 2 is 1.78 bits per heavy atom. The van der Waals surface area contributed by atoms with E-state index in [1.54, 1.807) is 30.3 Å². The first-order valence-electron chi connectivity index (χ1n) is 6.87. The molecule has 3 nitrogen and oxygen atoms in total. The first kappa shape index (κ1) is 16.7. The number of hydrogen-bond acceptors (Lipinski definition) is 2. The van der Waals surface area contributed by atoms with Crippen LogP contribution in [0.5, 0.6) is 0 Å². The number of alkyl halides is 3. The minimum Gasteiger partial charge on any atom is -0.264 e. The SMILES string of the molecule is O=[N+]([O-])C/C(=C/c1ccccc1)Cc1cccc(C(F)(F)F)c1. The highest BCUT2D eigenvalue weighted by atomic mass is 19.4. The molecule has 120 valence electrons. The van der Waals surface area contributed by atoms with E-state index in [2.05, 4.69) is 0 Å². The molecule has 0 unspecified atom stereocenters. The third kappa shape index (κ3) is 5.25. The molecule has 0 radical (unpaired) electrons. The molecular weight excluding hydrogens is 307 g/mol. The summed E-state index contributed by atoms with van der Waals surface area (Å²) in [6.07, 6.45) is -2.69. The molecule has 0 bridgehead atoms. The van der Waals surface area contributed by atoms with Crippen molar-refractivity contribution in [1.82, 2.24) is 0 Å². The highest BCUT2D eigenvalue weighted by Gasteiger charge is 2.30. The Bertz CT molecular complexity index is 709. The van der Waals surface area contributed by atoms with Crippen LogP contribution in [0.2, 0.25) is 0 Å². The van der Waals surface area contributed by atoms with Gasteiger partial charge < -0.3 is 0 Å². The molecule has 2 rings (SSSR count). The second kappa shape index (κ2) is 7.09. The summed E-state index contributed by atoms with van der Waals surface area (Å²) in [5, 5.41) is 10.8. The number of hydrogen-bond donors (Lipinski definition) is 0. The first-order chi connectivity index (χ1) is 10.8. The summed E-state index contributed by atoms with van der Waals surface area (Å²) in [5.41, 5.74) is 0.857. The summed E-state index contributed by atoms with van der Waals surface area (Å²) in [5.74, 6) is 0. The van der Waals surface area contributed by atoms with E-state index in [0.29, 0.717) is 11.1 Å². The van der Waals surface area contributed by atoms with Crippen molar-refractivity contribution in [2.24, 2.45) is 0 Å². The van der Waals surface area contributed by atoms with Gasteiger partial charge in [-0.2, -0.15) is 13.2 Å². The second-order valence-electron chi connectivity index (χ2n) is 5.08. The minimum atomic E-state index is -4.43. The van der Waals surface area contributed by atoms with Gasteiger partial charge in [0.15, 0.2) is 0 Å². The van der Waals surface area contributed by atoms with Crippen LogP contribution in [0.15, 0.2) is 60.2 Å². The Labute approximate surface area is 131 Å². The molecule has 0 aliphatic rings. The van der Waals surface area contributed by atoms with Crippen molar-refractivity contribution in [3.63, 3.8) is 0 Å². The van der Waals surface area contributed by atoms with Crippen LogP contribution in [-0.2, 0) is 12.6 Å². The lowest BCUT2D eigenvalue weighted by molar-refractivity contribution is -0.470. The van der Waals surface area contributed by atoms with Crippen LogP contribution in [0.4, 0.5) is 13.2 Å². The van der Waals surface area contributed by atoms with Crippen molar-refractivity contribution >= 4 is 6.08 Å². The Kier molecular flexibility index (Phi) is 5.16. The molecule has 0 spiro atoms. The van der Waals surface area contributed by atoms with E-state index in [9.17, 15) is 23.3 Å². The number of nitro groups is 1. The maximum Gasteiger partial charge on any atom is 0.416 e. The molecule has 0 N–H and O–H groups in total. The summed E-state index contributed by atoms with van der Waals surface area (Å²) in [4.78, 5) is 10.3. The van der Waals surface area contributed by atoms with E-state index in [0.717, 1.165) is 17.7 Å². The lowest BCUT2D eigenvalue weighted by Crippen LogP contribution is -2.08. The molecule has 0 heterocycles. The van der Waals surface area contributed by atoms with Gasteiger partial charge in [-0.05, 0) is 23.3 Å². The van der Waals surface area contributed by atoms with Crippen molar-refractivity contribution in [3.05, 3.63) is 87.0 Å². The fourth-order valence-electron chi connectivity index (χ4n) is 2.22. The zero-order valence-corrected chi connectivity index (χ0v) is 12.1. The number of benzene rings is 2. The van der Waals surface area contributed by atoms with Crippen LogP contribution in [0.3, 0.4) is 0 Å². The molecule has 2 aromatic rings. The van der Waals surface area contributed by atoms with Crippen molar-refractivity contribution in [1.29, 1.82) is 0 Å². The smallest absolute Gasteiger partial charge is 0.264 e. The second-order valence-corrected chi connectivity index (χ2v) is 5.08. The van der Waals surface area contributed by atoms with E-state index < -0.39 is 23.2 Å². The van der Waals surface area contributed by atoms with E-state index in [4.69, 9.17) is 0 Å². The van der Waals surface area contributed by atoms with E-state index in [1.807, 2.05) is 6.07 Å². The van der Waals surface area contributed by atoms with Gasteiger partial charge in [-0.1, -0.05) is 48.5 Å². The summed E-state index contributed by atoms with van der Waals surface area (Å²) in [7, 11) is 0. The molecule has 0 saturated carbocycles. The van der Waals surface area contributed by atoms with Crippen molar-refractivity contribution < 1.29 is 18.1 Å². The zero-order chi connectivity index (χ0) is 16.9. The lowest BCUT2D eigenvalue weighted by atomic mass is 10.0. The standard InChI is InChI=1S/C17H14F3NO2/c18-17(19,20)16-8-4-7-14(11-16)10-15(12-21(22)23)9-13-5-2-1-3-6-13/h1-9,11H,10,12H2/b15-9+. The van der Waals surface area contributed by atoms with E-state index in [1.165, 1.54) is 12.1 Å². The quantitative estimate of drug-likeness (QED) is 0.596. The molecule has 0 aliphatic carbocycles.